The molecule has 0 saturated carbocycles. The summed E-state index contributed by atoms with van der Waals surface area (Å²) in [5, 5.41) is 17.8. The first-order valence-electron chi connectivity index (χ1n) is 11.0. The van der Waals surface area contributed by atoms with Crippen LogP contribution in [0, 0.1) is 0 Å². The first kappa shape index (κ1) is 20.6. The number of aromatic amines is 1. The van der Waals surface area contributed by atoms with Crippen LogP contribution in [0.4, 0.5) is 5.69 Å². The lowest BCUT2D eigenvalue weighted by Crippen LogP contribution is -2.46. The number of hydrogen-bond donors (Lipinski definition) is 4. The maximum absolute atomic E-state index is 12.7. The van der Waals surface area contributed by atoms with Gasteiger partial charge in [-0.25, -0.2) is 4.98 Å². The van der Waals surface area contributed by atoms with E-state index in [-0.39, 0.29) is 11.9 Å². The van der Waals surface area contributed by atoms with Crippen LogP contribution in [0.5, 0.6) is 0 Å². The molecule has 5 rings (SSSR count). The van der Waals surface area contributed by atoms with E-state index >= 15 is 0 Å². The molecule has 0 spiro atoms. The fraction of sp³-hybridized carbons (Fsp3) is 0.391. The standard InChI is InChI=1S/C23H27N7O2/c31-21(26-19-6-13-32-15-19)17-2-1-3-18(14-17)28-23(7-11-25-12-8-23)22-27-20(29-30-22)16-4-9-24-10-5-16/h1-5,9-10,14,19,25,28H,6-8,11-13,15H2,(H,26,31)(H,27,29,30)/t19-/m1/s1. The quantitative estimate of drug-likeness (QED) is 0.470. The molecule has 2 saturated heterocycles. The minimum Gasteiger partial charge on any atom is -0.379 e. The molecule has 1 atom stereocenters. The van der Waals surface area contributed by atoms with Crippen molar-refractivity contribution in [3.63, 3.8) is 0 Å². The fourth-order valence-corrected chi connectivity index (χ4v) is 4.31. The van der Waals surface area contributed by atoms with Gasteiger partial charge in [0.1, 0.15) is 0 Å². The van der Waals surface area contributed by atoms with Gasteiger partial charge < -0.3 is 20.7 Å². The molecule has 0 aliphatic carbocycles. The van der Waals surface area contributed by atoms with E-state index in [1.54, 1.807) is 12.4 Å². The molecule has 0 radical (unpaired) electrons. The van der Waals surface area contributed by atoms with Gasteiger partial charge in [0.2, 0.25) is 0 Å². The molecule has 9 heteroatoms. The smallest absolute Gasteiger partial charge is 0.251 e. The van der Waals surface area contributed by atoms with Crippen molar-refractivity contribution in [3.05, 3.63) is 60.2 Å². The summed E-state index contributed by atoms with van der Waals surface area (Å²) in [7, 11) is 0. The maximum Gasteiger partial charge on any atom is 0.251 e. The number of pyridine rings is 1. The van der Waals surface area contributed by atoms with Crippen molar-refractivity contribution < 1.29 is 9.53 Å². The van der Waals surface area contributed by atoms with Crippen LogP contribution in [0.15, 0.2) is 48.8 Å². The highest BCUT2D eigenvalue weighted by Gasteiger charge is 2.37. The first-order valence-corrected chi connectivity index (χ1v) is 11.0. The van der Waals surface area contributed by atoms with E-state index < -0.39 is 5.54 Å². The molecule has 166 valence electrons. The third-order valence-electron chi connectivity index (χ3n) is 6.11. The molecule has 1 aromatic carbocycles. The highest BCUT2D eigenvalue weighted by Crippen LogP contribution is 2.33. The van der Waals surface area contributed by atoms with Crippen molar-refractivity contribution in [3.8, 4) is 11.4 Å². The molecule has 2 aromatic heterocycles. The Morgan fingerprint density at radius 1 is 1.16 bits per heavy atom. The highest BCUT2D eigenvalue weighted by atomic mass is 16.5. The van der Waals surface area contributed by atoms with E-state index in [4.69, 9.17) is 9.72 Å². The van der Waals surface area contributed by atoms with Gasteiger partial charge in [0, 0.05) is 35.8 Å². The number of carbonyl (C=O) groups is 1. The second-order valence-corrected chi connectivity index (χ2v) is 8.32. The second-order valence-electron chi connectivity index (χ2n) is 8.32. The molecule has 0 unspecified atom stereocenters. The largest absolute Gasteiger partial charge is 0.379 e. The van der Waals surface area contributed by atoms with Gasteiger partial charge in [-0.05, 0) is 62.7 Å². The minimum atomic E-state index is -0.405. The van der Waals surface area contributed by atoms with Crippen molar-refractivity contribution in [2.24, 2.45) is 0 Å². The molecule has 32 heavy (non-hydrogen) atoms. The van der Waals surface area contributed by atoms with Crippen LogP contribution in [-0.4, -0.2) is 58.4 Å². The van der Waals surface area contributed by atoms with Gasteiger partial charge in [-0.2, -0.15) is 5.10 Å². The van der Waals surface area contributed by atoms with E-state index in [1.807, 2.05) is 36.4 Å². The summed E-state index contributed by atoms with van der Waals surface area (Å²) < 4.78 is 5.36. The van der Waals surface area contributed by atoms with Crippen molar-refractivity contribution in [2.75, 3.05) is 31.6 Å². The number of benzene rings is 1. The fourth-order valence-electron chi connectivity index (χ4n) is 4.31. The number of nitrogens with zero attached hydrogens (tertiary/aromatic N) is 3. The summed E-state index contributed by atoms with van der Waals surface area (Å²) in [6.07, 6.45) is 6.00. The third kappa shape index (κ3) is 4.35. The van der Waals surface area contributed by atoms with Gasteiger partial charge in [-0.3, -0.25) is 14.9 Å². The van der Waals surface area contributed by atoms with E-state index in [0.29, 0.717) is 24.6 Å². The summed E-state index contributed by atoms with van der Waals surface area (Å²) in [4.78, 5) is 21.6. The average molecular weight is 434 g/mol. The van der Waals surface area contributed by atoms with Gasteiger partial charge >= 0.3 is 0 Å². The van der Waals surface area contributed by atoms with Crippen molar-refractivity contribution in [2.45, 2.75) is 30.8 Å². The Morgan fingerprint density at radius 2 is 2.00 bits per heavy atom. The number of aromatic nitrogens is 4. The van der Waals surface area contributed by atoms with E-state index in [1.165, 1.54) is 0 Å². The molecule has 0 bridgehead atoms. The van der Waals surface area contributed by atoms with E-state index in [9.17, 15) is 4.79 Å². The average Bonchev–Trinajstić information content (AvgIpc) is 3.53. The Labute approximate surface area is 186 Å². The normalized spacial score (nSPS) is 20.1. The number of hydrogen-bond acceptors (Lipinski definition) is 7. The molecule has 3 aromatic rings. The monoisotopic (exact) mass is 433 g/mol. The van der Waals surface area contributed by atoms with Crippen LogP contribution < -0.4 is 16.0 Å². The summed E-state index contributed by atoms with van der Waals surface area (Å²) >= 11 is 0. The molecule has 1 amide bonds. The zero-order valence-corrected chi connectivity index (χ0v) is 17.8. The van der Waals surface area contributed by atoms with E-state index in [2.05, 4.69) is 31.1 Å². The number of nitrogens with one attached hydrogen (secondary N) is 4. The minimum absolute atomic E-state index is 0.0793. The Balaban J connectivity index is 1.39. The Bertz CT molecular complexity index is 1060. The Hall–Kier alpha value is -3.30. The maximum atomic E-state index is 12.7. The van der Waals surface area contributed by atoms with Crippen LogP contribution >= 0.6 is 0 Å². The van der Waals surface area contributed by atoms with Gasteiger partial charge in [-0.15, -0.1) is 0 Å². The molecule has 4 heterocycles. The van der Waals surface area contributed by atoms with Gasteiger partial charge in [0.15, 0.2) is 11.6 Å². The number of carbonyl (C=O) groups excluding carboxylic acids is 1. The number of amides is 1. The zero-order valence-electron chi connectivity index (χ0n) is 17.8. The molecule has 2 fully saturated rings. The number of ether oxygens (including phenoxy) is 1. The van der Waals surface area contributed by atoms with E-state index in [0.717, 1.165) is 49.4 Å². The molecular formula is C23H27N7O2. The number of H-pyrrole nitrogens is 1. The summed E-state index contributed by atoms with van der Waals surface area (Å²) in [6, 6.07) is 11.5. The van der Waals surface area contributed by atoms with Crippen molar-refractivity contribution in [1.82, 2.24) is 30.8 Å². The van der Waals surface area contributed by atoms with Gasteiger partial charge in [-0.1, -0.05) is 6.07 Å². The summed E-state index contributed by atoms with van der Waals surface area (Å²) in [6.45, 7) is 2.99. The van der Waals surface area contributed by atoms with Crippen molar-refractivity contribution >= 4 is 11.6 Å². The second kappa shape index (κ2) is 9.05. The molecule has 2 aliphatic heterocycles. The van der Waals surface area contributed by atoms with Gasteiger partial charge in [0.05, 0.1) is 18.2 Å². The Morgan fingerprint density at radius 3 is 2.78 bits per heavy atom. The number of anilines is 1. The number of piperidine rings is 1. The molecular weight excluding hydrogens is 406 g/mol. The summed E-state index contributed by atoms with van der Waals surface area (Å²) in [5.74, 6) is 1.36. The molecule has 9 nitrogen and oxygen atoms in total. The predicted molar refractivity (Wildman–Crippen MR) is 120 cm³/mol. The highest BCUT2D eigenvalue weighted by molar-refractivity contribution is 5.95. The third-order valence-corrected chi connectivity index (χ3v) is 6.11. The summed E-state index contributed by atoms with van der Waals surface area (Å²) in [5.41, 5.74) is 2.02. The SMILES string of the molecule is O=C(N[C@@H]1CCOC1)c1cccc(NC2(c3nc(-c4ccncc4)n[nH]3)CCNCC2)c1. The van der Waals surface area contributed by atoms with Crippen LogP contribution in [0.2, 0.25) is 0 Å². The van der Waals surface area contributed by atoms with Gasteiger partial charge in [0.25, 0.3) is 5.91 Å². The number of rotatable bonds is 6. The lowest BCUT2D eigenvalue weighted by atomic mass is 9.87. The lowest BCUT2D eigenvalue weighted by Gasteiger charge is -2.37. The molecule has 4 N–H and O–H groups in total. The van der Waals surface area contributed by atoms with Crippen molar-refractivity contribution in [1.29, 1.82) is 0 Å². The van der Waals surface area contributed by atoms with Crippen LogP contribution in [0.3, 0.4) is 0 Å². The van der Waals surface area contributed by atoms with Crippen LogP contribution in [-0.2, 0) is 10.3 Å². The van der Waals surface area contributed by atoms with Crippen LogP contribution in [0.1, 0.15) is 35.4 Å². The predicted octanol–water partition coefficient (Wildman–Crippen LogP) is 2.08. The zero-order chi connectivity index (χ0) is 21.8. The Kier molecular flexibility index (Phi) is 5.83. The molecule has 2 aliphatic rings. The topological polar surface area (TPSA) is 117 Å². The first-order chi connectivity index (χ1) is 15.7. The van der Waals surface area contributed by atoms with Crippen LogP contribution in [0.25, 0.3) is 11.4 Å². The lowest BCUT2D eigenvalue weighted by molar-refractivity contribution is 0.0930.